The molecule has 0 aliphatic carbocycles. The van der Waals surface area contributed by atoms with Gasteiger partial charge in [0.15, 0.2) is 5.69 Å². The number of aromatic nitrogens is 4. The molecule has 2 N–H and O–H groups in total. The summed E-state index contributed by atoms with van der Waals surface area (Å²) in [6.07, 6.45) is 3.06. The zero-order chi connectivity index (χ0) is 16.8. The molecule has 1 aliphatic heterocycles. The van der Waals surface area contributed by atoms with Gasteiger partial charge in [-0.15, -0.1) is 0 Å². The first-order valence-corrected chi connectivity index (χ1v) is 7.59. The largest absolute Gasteiger partial charge is 0.366 e. The molecular weight excluding hydrogens is 308 g/mol. The number of amides is 2. The molecule has 8 heteroatoms. The Hall–Kier alpha value is -3.16. The van der Waals surface area contributed by atoms with Gasteiger partial charge in [-0.25, -0.2) is 0 Å². The van der Waals surface area contributed by atoms with Gasteiger partial charge in [-0.3, -0.25) is 19.0 Å². The molecule has 0 bridgehead atoms. The van der Waals surface area contributed by atoms with Crippen molar-refractivity contribution in [3.8, 4) is 0 Å². The third-order valence-electron chi connectivity index (χ3n) is 4.37. The van der Waals surface area contributed by atoms with E-state index in [1.807, 2.05) is 31.3 Å². The Morgan fingerprint density at radius 2 is 2.00 bits per heavy atom. The standard InChI is InChI=1S/C16H16N6O2/c1-20-13-5-3-2-4-12(13)14(19-20)16(24)21-8-11(9-21)22-7-10(6-18-22)15(17)23/h2-7,11H,8-9H2,1H3,(H2,17,23). The van der Waals surface area contributed by atoms with Crippen molar-refractivity contribution in [2.75, 3.05) is 13.1 Å². The van der Waals surface area contributed by atoms with Crippen LogP contribution in [0.5, 0.6) is 0 Å². The predicted molar refractivity (Wildman–Crippen MR) is 86.4 cm³/mol. The van der Waals surface area contributed by atoms with Gasteiger partial charge in [-0.05, 0) is 6.07 Å². The van der Waals surface area contributed by atoms with Crippen LogP contribution in [0.4, 0.5) is 0 Å². The summed E-state index contributed by atoms with van der Waals surface area (Å²) in [6.45, 7) is 1.06. The van der Waals surface area contributed by atoms with Gasteiger partial charge >= 0.3 is 0 Å². The fourth-order valence-corrected chi connectivity index (χ4v) is 2.97. The molecule has 3 heterocycles. The van der Waals surface area contributed by atoms with E-state index in [0.717, 1.165) is 10.9 Å². The first kappa shape index (κ1) is 14.4. The van der Waals surface area contributed by atoms with Crippen LogP contribution in [0.2, 0.25) is 0 Å². The van der Waals surface area contributed by atoms with Gasteiger partial charge in [0, 0.05) is 31.7 Å². The third-order valence-corrected chi connectivity index (χ3v) is 4.37. The highest BCUT2D eigenvalue weighted by Crippen LogP contribution is 2.25. The van der Waals surface area contributed by atoms with Gasteiger partial charge in [0.2, 0.25) is 0 Å². The van der Waals surface area contributed by atoms with Crippen LogP contribution in [-0.2, 0) is 7.05 Å². The highest BCUT2D eigenvalue weighted by Gasteiger charge is 2.35. The van der Waals surface area contributed by atoms with Gasteiger partial charge in [-0.2, -0.15) is 10.2 Å². The summed E-state index contributed by atoms with van der Waals surface area (Å²) in [6, 6.07) is 7.71. The van der Waals surface area contributed by atoms with E-state index < -0.39 is 5.91 Å². The second-order valence-corrected chi connectivity index (χ2v) is 5.93. The Labute approximate surface area is 137 Å². The number of rotatable bonds is 3. The molecule has 122 valence electrons. The number of fused-ring (bicyclic) bond motifs is 1. The van der Waals surface area contributed by atoms with E-state index >= 15 is 0 Å². The summed E-state index contributed by atoms with van der Waals surface area (Å²) in [7, 11) is 1.83. The Bertz CT molecular complexity index is 951. The molecule has 0 saturated carbocycles. The molecule has 0 unspecified atom stereocenters. The Morgan fingerprint density at radius 3 is 2.71 bits per heavy atom. The number of nitrogens with two attached hydrogens (primary N) is 1. The first-order chi connectivity index (χ1) is 11.5. The second-order valence-electron chi connectivity index (χ2n) is 5.93. The number of carbonyl (C=O) groups is 2. The number of carbonyl (C=O) groups excluding carboxylic acids is 2. The topological polar surface area (TPSA) is 99.0 Å². The van der Waals surface area contributed by atoms with Gasteiger partial charge in [-0.1, -0.05) is 18.2 Å². The normalized spacial score (nSPS) is 14.8. The number of likely N-dealkylation sites (tertiary alicyclic amines) is 1. The van der Waals surface area contributed by atoms with Crippen molar-refractivity contribution in [3.05, 3.63) is 47.9 Å². The Balaban J connectivity index is 1.51. The lowest BCUT2D eigenvalue weighted by Crippen LogP contribution is -2.51. The minimum Gasteiger partial charge on any atom is -0.366 e. The summed E-state index contributed by atoms with van der Waals surface area (Å²) in [5, 5.41) is 9.35. The fourth-order valence-electron chi connectivity index (χ4n) is 2.97. The van der Waals surface area contributed by atoms with Crippen molar-refractivity contribution in [2.45, 2.75) is 6.04 Å². The number of nitrogens with zero attached hydrogens (tertiary/aromatic N) is 5. The molecule has 1 aromatic carbocycles. The molecule has 24 heavy (non-hydrogen) atoms. The predicted octanol–water partition coefficient (Wildman–Crippen LogP) is 0.566. The highest BCUT2D eigenvalue weighted by atomic mass is 16.2. The molecule has 1 saturated heterocycles. The summed E-state index contributed by atoms with van der Waals surface area (Å²) < 4.78 is 3.40. The molecule has 1 aliphatic rings. The average Bonchev–Trinajstić information content (AvgIpc) is 3.12. The minimum absolute atomic E-state index is 0.0528. The number of hydrogen-bond acceptors (Lipinski definition) is 4. The zero-order valence-corrected chi connectivity index (χ0v) is 13.1. The number of hydrogen-bond donors (Lipinski definition) is 1. The van der Waals surface area contributed by atoms with Crippen LogP contribution >= 0.6 is 0 Å². The first-order valence-electron chi connectivity index (χ1n) is 7.59. The number of primary amides is 1. The molecule has 4 rings (SSSR count). The second kappa shape index (κ2) is 5.19. The van der Waals surface area contributed by atoms with E-state index in [1.54, 1.807) is 20.5 Å². The van der Waals surface area contributed by atoms with E-state index in [2.05, 4.69) is 10.2 Å². The van der Waals surface area contributed by atoms with Crippen LogP contribution in [0.25, 0.3) is 10.9 Å². The number of benzene rings is 1. The van der Waals surface area contributed by atoms with Crippen LogP contribution < -0.4 is 5.73 Å². The van der Waals surface area contributed by atoms with Crippen LogP contribution in [0.1, 0.15) is 26.9 Å². The lowest BCUT2D eigenvalue weighted by atomic mass is 10.1. The molecule has 1 fully saturated rings. The van der Waals surface area contributed by atoms with Gasteiger partial charge in [0.05, 0.1) is 23.3 Å². The van der Waals surface area contributed by atoms with Crippen molar-refractivity contribution in [2.24, 2.45) is 12.8 Å². The molecule has 2 aromatic heterocycles. The van der Waals surface area contributed by atoms with E-state index in [4.69, 9.17) is 5.73 Å². The smallest absolute Gasteiger partial charge is 0.275 e. The Kier molecular flexibility index (Phi) is 3.12. The van der Waals surface area contributed by atoms with Gasteiger partial charge in [0.1, 0.15) is 0 Å². The van der Waals surface area contributed by atoms with E-state index in [0.29, 0.717) is 24.3 Å². The minimum atomic E-state index is -0.506. The maximum Gasteiger partial charge on any atom is 0.275 e. The summed E-state index contributed by atoms with van der Waals surface area (Å²) in [4.78, 5) is 25.5. The molecule has 0 spiro atoms. The summed E-state index contributed by atoms with van der Waals surface area (Å²) in [5.41, 5.74) is 6.99. The molecular formula is C16H16N6O2. The molecule has 0 radical (unpaired) electrons. The van der Waals surface area contributed by atoms with Crippen molar-refractivity contribution in [3.63, 3.8) is 0 Å². The van der Waals surface area contributed by atoms with Crippen LogP contribution in [-0.4, -0.2) is 49.4 Å². The van der Waals surface area contributed by atoms with Crippen molar-refractivity contribution < 1.29 is 9.59 Å². The summed E-state index contributed by atoms with van der Waals surface area (Å²) in [5.74, 6) is -0.598. The number of para-hydroxylation sites is 1. The molecule has 0 atom stereocenters. The van der Waals surface area contributed by atoms with Gasteiger partial charge < -0.3 is 10.6 Å². The van der Waals surface area contributed by atoms with E-state index in [9.17, 15) is 9.59 Å². The average molecular weight is 324 g/mol. The van der Waals surface area contributed by atoms with E-state index in [-0.39, 0.29) is 11.9 Å². The monoisotopic (exact) mass is 324 g/mol. The Morgan fingerprint density at radius 1 is 1.25 bits per heavy atom. The number of aryl methyl sites for hydroxylation is 1. The van der Waals surface area contributed by atoms with Gasteiger partial charge in [0.25, 0.3) is 11.8 Å². The quantitative estimate of drug-likeness (QED) is 0.761. The van der Waals surface area contributed by atoms with Crippen molar-refractivity contribution >= 4 is 22.7 Å². The molecule has 8 nitrogen and oxygen atoms in total. The van der Waals surface area contributed by atoms with Crippen LogP contribution in [0.15, 0.2) is 36.7 Å². The lowest BCUT2D eigenvalue weighted by Gasteiger charge is -2.38. The zero-order valence-electron chi connectivity index (χ0n) is 13.1. The highest BCUT2D eigenvalue weighted by molar-refractivity contribution is 6.05. The maximum atomic E-state index is 12.7. The fraction of sp³-hybridized carbons (Fsp3) is 0.250. The lowest BCUT2D eigenvalue weighted by molar-refractivity contribution is 0.0496. The molecule has 2 amide bonds. The van der Waals surface area contributed by atoms with Crippen molar-refractivity contribution in [1.82, 2.24) is 24.5 Å². The molecule has 3 aromatic rings. The van der Waals surface area contributed by atoms with Crippen molar-refractivity contribution in [1.29, 1.82) is 0 Å². The SMILES string of the molecule is Cn1nc(C(=O)N2CC(n3cc(C(N)=O)cn3)C2)c2ccccc21. The maximum absolute atomic E-state index is 12.7. The van der Waals surface area contributed by atoms with Crippen LogP contribution in [0, 0.1) is 0 Å². The van der Waals surface area contributed by atoms with E-state index in [1.165, 1.54) is 6.20 Å². The van der Waals surface area contributed by atoms with Crippen LogP contribution in [0.3, 0.4) is 0 Å². The summed E-state index contributed by atoms with van der Waals surface area (Å²) >= 11 is 0. The third kappa shape index (κ3) is 2.15.